The lowest BCUT2D eigenvalue weighted by molar-refractivity contribution is -0.114. The van der Waals surface area contributed by atoms with Gasteiger partial charge in [0, 0.05) is 30.4 Å². The number of carbonyl (C=O) groups is 3. The lowest BCUT2D eigenvalue weighted by Crippen LogP contribution is -2.39. The molecular formula is C24H24N4O5. The minimum absolute atomic E-state index is 0.150. The van der Waals surface area contributed by atoms with E-state index in [4.69, 9.17) is 9.47 Å². The van der Waals surface area contributed by atoms with E-state index in [2.05, 4.69) is 10.4 Å². The Hall–Kier alpha value is -4.14. The standard InChI is InChI=1S/C24H24N4O5/c1-4-33-24(31)21-20-13-14-27(17-7-5-16(6-8-17)25-15(2)29)23(30)22(20)28(26-21)18-9-11-19(32-3)12-10-18/h5-12H,4,13-14H2,1-3H3,(H,25,29). The van der Waals surface area contributed by atoms with Crippen LogP contribution in [-0.2, 0) is 16.0 Å². The molecule has 33 heavy (non-hydrogen) atoms. The Labute approximate surface area is 190 Å². The molecule has 1 aliphatic rings. The molecule has 2 amide bonds. The van der Waals surface area contributed by atoms with E-state index in [0.29, 0.717) is 47.0 Å². The van der Waals surface area contributed by atoms with Crippen LogP contribution in [0, 0.1) is 0 Å². The maximum atomic E-state index is 13.6. The number of hydrogen-bond acceptors (Lipinski definition) is 6. The first kappa shape index (κ1) is 22.1. The number of ether oxygens (including phenoxy) is 2. The van der Waals surface area contributed by atoms with E-state index >= 15 is 0 Å². The second-order valence-corrected chi connectivity index (χ2v) is 7.44. The second-order valence-electron chi connectivity index (χ2n) is 7.44. The molecule has 9 nitrogen and oxygen atoms in total. The van der Waals surface area contributed by atoms with Crippen molar-refractivity contribution >= 4 is 29.2 Å². The van der Waals surface area contributed by atoms with Gasteiger partial charge in [-0.2, -0.15) is 5.10 Å². The summed E-state index contributed by atoms with van der Waals surface area (Å²) < 4.78 is 11.9. The summed E-state index contributed by atoms with van der Waals surface area (Å²) in [6.07, 6.45) is 0.443. The minimum atomic E-state index is -0.554. The molecule has 0 spiro atoms. The van der Waals surface area contributed by atoms with Gasteiger partial charge in [0.1, 0.15) is 11.4 Å². The molecule has 2 heterocycles. The molecule has 1 N–H and O–H groups in total. The molecule has 1 aromatic heterocycles. The monoisotopic (exact) mass is 448 g/mol. The molecule has 1 aliphatic heterocycles. The molecule has 0 fully saturated rings. The molecule has 0 bridgehead atoms. The largest absolute Gasteiger partial charge is 0.497 e. The van der Waals surface area contributed by atoms with E-state index in [9.17, 15) is 14.4 Å². The molecule has 0 radical (unpaired) electrons. The van der Waals surface area contributed by atoms with E-state index in [1.807, 2.05) is 0 Å². The van der Waals surface area contributed by atoms with Crippen molar-refractivity contribution in [1.82, 2.24) is 9.78 Å². The van der Waals surface area contributed by atoms with Gasteiger partial charge in [-0.1, -0.05) is 0 Å². The van der Waals surface area contributed by atoms with Gasteiger partial charge < -0.3 is 19.7 Å². The molecular weight excluding hydrogens is 424 g/mol. The molecule has 0 atom stereocenters. The van der Waals surface area contributed by atoms with E-state index in [0.717, 1.165) is 0 Å². The highest BCUT2D eigenvalue weighted by Gasteiger charge is 2.35. The zero-order chi connectivity index (χ0) is 23.5. The predicted molar refractivity (Wildman–Crippen MR) is 122 cm³/mol. The Balaban J connectivity index is 1.75. The SMILES string of the molecule is CCOC(=O)c1nn(-c2ccc(OC)cc2)c2c1CCN(c1ccc(NC(C)=O)cc1)C2=O. The Kier molecular flexibility index (Phi) is 6.12. The number of fused-ring (bicyclic) bond motifs is 1. The van der Waals surface area contributed by atoms with Gasteiger partial charge >= 0.3 is 5.97 Å². The molecule has 0 unspecified atom stereocenters. The Bertz CT molecular complexity index is 1200. The zero-order valence-corrected chi connectivity index (χ0v) is 18.6. The van der Waals surface area contributed by atoms with Gasteiger partial charge in [0.2, 0.25) is 5.91 Å². The molecule has 3 aromatic rings. The summed E-state index contributed by atoms with van der Waals surface area (Å²) in [6, 6.07) is 14.1. The summed E-state index contributed by atoms with van der Waals surface area (Å²) in [5, 5.41) is 7.18. The van der Waals surface area contributed by atoms with Gasteiger partial charge in [0.25, 0.3) is 5.91 Å². The van der Waals surface area contributed by atoms with Crippen molar-refractivity contribution in [3.05, 3.63) is 65.5 Å². The van der Waals surface area contributed by atoms with Gasteiger partial charge in [0.15, 0.2) is 5.69 Å². The summed E-state index contributed by atoms with van der Waals surface area (Å²) in [4.78, 5) is 39.1. The summed E-state index contributed by atoms with van der Waals surface area (Å²) in [5.41, 5.74) is 2.99. The number of esters is 1. The topological polar surface area (TPSA) is 103 Å². The van der Waals surface area contributed by atoms with Crippen LogP contribution in [0.15, 0.2) is 48.5 Å². The van der Waals surface area contributed by atoms with Crippen LogP contribution in [0.5, 0.6) is 5.75 Å². The highest BCUT2D eigenvalue weighted by molar-refractivity contribution is 6.09. The number of rotatable bonds is 6. The predicted octanol–water partition coefficient (Wildman–Crippen LogP) is 3.22. The zero-order valence-electron chi connectivity index (χ0n) is 18.6. The number of hydrogen-bond donors (Lipinski definition) is 1. The van der Waals surface area contributed by atoms with Crippen molar-refractivity contribution in [3.8, 4) is 11.4 Å². The summed E-state index contributed by atoms with van der Waals surface area (Å²) in [7, 11) is 1.57. The maximum absolute atomic E-state index is 13.6. The summed E-state index contributed by atoms with van der Waals surface area (Å²) in [5.74, 6) is -0.335. The number of aromatic nitrogens is 2. The highest BCUT2D eigenvalue weighted by atomic mass is 16.5. The smallest absolute Gasteiger partial charge is 0.359 e. The summed E-state index contributed by atoms with van der Waals surface area (Å²) >= 11 is 0. The Morgan fingerprint density at radius 2 is 1.73 bits per heavy atom. The highest BCUT2D eigenvalue weighted by Crippen LogP contribution is 2.30. The molecule has 0 saturated carbocycles. The lowest BCUT2D eigenvalue weighted by atomic mass is 10.0. The fraction of sp³-hybridized carbons (Fsp3) is 0.250. The van der Waals surface area contributed by atoms with Crippen molar-refractivity contribution in [2.75, 3.05) is 30.5 Å². The number of carbonyl (C=O) groups excluding carboxylic acids is 3. The van der Waals surface area contributed by atoms with E-state index in [1.54, 1.807) is 67.5 Å². The van der Waals surface area contributed by atoms with Crippen LogP contribution in [0.3, 0.4) is 0 Å². The molecule has 4 rings (SSSR count). The molecule has 170 valence electrons. The van der Waals surface area contributed by atoms with Gasteiger partial charge in [-0.3, -0.25) is 9.59 Å². The van der Waals surface area contributed by atoms with Gasteiger partial charge in [-0.05, 0) is 61.9 Å². The average molecular weight is 448 g/mol. The normalized spacial score (nSPS) is 12.8. The molecule has 0 saturated heterocycles. The van der Waals surface area contributed by atoms with E-state index < -0.39 is 5.97 Å². The molecule has 9 heteroatoms. The first-order valence-electron chi connectivity index (χ1n) is 10.6. The minimum Gasteiger partial charge on any atom is -0.497 e. The van der Waals surface area contributed by atoms with Crippen molar-refractivity contribution < 1.29 is 23.9 Å². The third-order valence-electron chi connectivity index (χ3n) is 5.30. The molecule has 2 aromatic carbocycles. The summed E-state index contributed by atoms with van der Waals surface area (Å²) in [6.45, 7) is 3.75. The lowest BCUT2D eigenvalue weighted by Gasteiger charge is -2.28. The first-order chi connectivity index (χ1) is 15.9. The number of methoxy groups -OCH3 is 1. The van der Waals surface area contributed by atoms with E-state index in [-0.39, 0.29) is 24.1 Å². The van der Waals surface area contributed by atoms with Gasteiger partial charge in [0.05, 0.1) is 19.4 Å². The Morgan fingerprint density at radius 3 is 2.33 bits per heavy atom. The van der Waals surface area contributed by atoms with Crippen LogP contribution < -0.4 is 15.0 Å². The average Bonchev–Trinajstić information content (AvgIpc) is 3.21. The number of benzene rings is 2. The van der Waals surface area contributed by atoms with Crippen molar-refractivity contribution in [1.29, 1.82) is 0 Å². The van der Waals surface area contributed by atoms with E-state index in [1.165, 1.54) is 11.6 Å². The Morgan fingerprint density at radius 1 is 1.06 bits per heavy atom. The van der Waals surface area contributed by atoms with Crippen molar-refractivity contribution in [2.24, 2.45) is 0 Å². The van der Waals surface area contributed by atoms with Gasteiger partial charge in [-0.15, -0.1) is 0 Å². The molecule has 0 aliphatic carbocycles. The van der Waals surface area contributed by atoms with Crippen LogP contribution in [0.4, 0.5) is 11.4 Å². The van der Waals surface area contributed by atoms with Crippen LogP contribution in [0.25, 0.3) is 5.69 Å². The number of nitrogens with zero attached hydrogens (tertiary/aromatic N) is 3. The third-order valence-corrected chi connectivity index (χ3v) is 5.30. The number of amides is 2. The van der Waals surface area contributed by atoms with Crippen molar-refractivity contribution in [3.63, 3.8) is 0 Å². The van der Waals surface area contributed by atoms with Gasteiger partial charge in [-0.25, -0.2) is 9.48 Å². The fourth-order valence-corrected chi connectivity index (χ4v) is 3.81. The van der Waals surface area contributed by atoms with Crippen LogP contribution in [0.1, 0.15) is 40.4 Å². The fourth-order valence-electron chi connectivity index (χ4n) is 3.81. The quantitative estimate of drug-likeness (QED) is 0.581. The maximum Gasteiger partial charge on any atom is 0.359 e. The first-order valence-corrected chi connectivity index (χ1v) is 10.6. The number of anilines is 2. The number of nitrogens with one attached hydrogen (secondary N) is 1. The second kappa shape index (κ2) is 9.15. The van der Waals surface area contributed by atoms with Crippen LogP contribution in [0.2, 0.25) is 0 Å². The van der Waals surface area contributed by atoms with Crippen molar-refractivity contribution in [2.45, 2.75) is 20.3 Å². The van der Waals surface area contributed by atoms with Crippen LogP contribution in [-0.4, -0.2) is 47.8 Å². The third kappa shape index (κ3) is 4.30. The van der Waals surface area contributed by atoms with Crippen LogP contribution >= 0.6 is 0 Å².